The van der Waals surface area contributed by atoms with Gasteiger partial charge < -0.3 is 57.1 Å². The fraction of sp³-hybridized carbons (Fsp3) is 0.868. The Labute approximate surface area is 530 Å². The number of rotatable bonds is 63. The first-order valence-electron chi connectivity index (χ1n) is 35.1. The molecule has 0 aliphatic rings. The van der Waals surface area contributed by atoms with E-state index >= 15 is 0 Å². The van der Waals surface area contributed by atoms with Crippen LogP contribution in [-0.2, 0) is 52.6 Å². The van der Waals surface area contributed by atoms with Gasteiger partial charge in [-0.2, -0.15) is 0 Å². The molecule has 0 aromatic heterocycles. The minimum atomic E-state index is -1.79. The molecule has 0 unspecified atom stereocenters. The molecule has 88 heavy (non-hydrogen) atoms. The van der Waals surface area contributed by atoms with Crippen LogP contribution in [0, 0.1) is 0 Å². The molecule has 0 saturated carbocycles. The van der Waals surface area contributed by atoms with Crippen molar-refractivity contribution in [3.63, 3.8) is 0 Å². The van der Waals surface area contributed by atoms with Gasteiger partial charge in [-0.1, -0.05) is 252 Å². The third-order valence-electron chi connectivity index (χ3n) is 16.3. The van der Waals surface area contributed by atoms with Crippen molar-refractivity contribution in [2.75, 3.05) is 19.8 Å². The van der Waals surface area contributed by atoms with Crippen molar-refractivity contribution in [3.05, 3.63) is 0 Å². The van der Waals surface area contributed by atoms with Gasteiger partial charge in [0.15, 0.2) is 0 Å². The summed E-state index contributed by atoms with van der Waals surface area (Å²) >= 11 is 0. The lowest BCUT2D eigenvalue weighted by molar-refractivity contribution is -0.159. The van der Waals surface area contributed by atoms with Crippen LogP contribution in [0.3, 0.4) is 0 Å². The Morgan fingerprint density at radius 3 is 1.05 bits per heavy atom. The number of hydrogen-bond donors (Lipinski definition) is 9. The number of nitrogens with one attached hydrogen (secondary N) is 5. The van der Waals surface area contributed by atoms with E-state index in [-0.39, 0.29) is 45.1 Å². The van der Waals surface area contributed by atoms with Crippen LogP contribution in [-0.4, -0.2) is 125 Å². The van der Waals surface area contributed by atoms with Gasteiger partial charge in [-0.25, -0.2) is 0 Å². The van der Waals surface area contributed by atoms with E-state index < -0.39 is 109 Å². The zero-order valence-electron chi connectivity index (χ0n) is 55.5. The molecule has 512 valence electrons. The van der Waals surface area contributed by atoms with Crippen LogP contribution in [0.5, 0.6) is 0 Å². The summed E-state index contributed by atoms with van der Waals surface area (Å²) in [6.45, 7) is 5.61. The molecule has 0 heterocycles. The predicted octanol–water partition coefficient (Wildman–Crippen LogP) is 11.4. The quantitative estimate of drug-likeness (QED) is 0.0202. The standard InChI is InChI=1S/C68H126N6O14/c1-5-8-11-14-17-20-23-26-29-32-35-38-41-47-61(78)71-56(64(81)73-59(52-76)67(84)74-58(51-75)66(83)72-57(50-60(69)77)65(82)70-54(4)68(85)86)46-44-45-55(88-63(80)49-43-40-37-34-31-28-25-22-19-16-13-10-7-3)53-87-62(79)48-42-39-36-33-30-27-24-21-18-15-12-9-6-2/h54-59,75-76H,5-53H2,1-4H3,(H2,69,77)(H,70,82)(H,71,78)(H,72,83)(H,73,81)(H,74,84)(H,85,86)/t54-,55+,56-,57-,58-,59-/m0/s1. The average molecular weight is 1250 g/mol. The van der Waals surface area contributed by atoms with Crippen molar-refractivity contribution < 1.29 is 67.9 Å². The molecule has 0 rings (SSSR count). The maximum atomic E-state index is 14.1. The van der Waals surface area contributed by atoms with E-state index in [2.05, 4.69) is 47.4 Å². The number of carbonyl (C=O) groups is 9. The van der Waals surface area contributed by atoms with Crippen molar-refractivity contribution in [1.29, 1.82) is 0 Å². The summed E-state index contributed by atoms with van der Waals surface area (Å²) in [7, 11) is 0. The highest BCUT2D eigenvalue weighted by atomic mass is 16.6. The first-order chi connectivity index (χ1) is 42.5. The Hall–Kier alpha value is -4.85. The number of carboxylic acid groups (broad SMARTS) is 1. The van der Waals surface area contributed by atoms with Gasteiger partial charge in [-0.3, -0.25) is 43.2 Å². The predicted molar refractivity (Wildman–Crippen MR) is 347 cm³/mol. The number of carbonyl (C=O) groups excluding carboxylic acids is 8. The van der Waals surface area contributed by atoms with Gasteiger partial charge in [0.05, 0.1) is 19.6 Å². The molecule has 0 fully saturated rings. The number of aliphatic carboxylic acids is 1. The zero-order valence-corrected chi connectivity index (χ0v) is 55.5. The Morgan fingerprint density at radius 1 is 0.375 bits per heavy atom. The van der Waals surface area contributed by atoms with Crippen LogP contribution >= 0.6 is 0 Å². The smallest absolute Gasteiger partial charge is 0.325 e. The number of carboxylic acids is 1. The molecule has 0 saturated heterocycles. The minimum absolute atomic E-state index is 0.0127. The van der Waals surface area contributed by atoms with Crippen LogP contribution < -0.4 is 32.3 Å². The van der Waals surface area contributed by atoms with Crippen LogP contribution in [0.4, 0.5) is 0 Å². The maximum absolute atomic E-state index is 14.1. The van der Waals surface area contributed by atoms with Gasteiger partial charge in [-0.05, 0) is 45.4 Å². The highest BCUT2D eigenvalue weighted by molar-refractivity contribution is 5.97. The molecule has 0 aliphatic carbocycles. The summed E-state index contributed by atoms with van der Waals surface area (Å²) in [4.78, 5) is 117. The number of primary amides is 1. The average Bonchev–Trinajstić information content (AvgIpc) is 2.79. The van der Waals surface area contributed by atoms with E-state index in [9.17, 15) is 58.5 Å². The van der Waals surface area contributed by atoms with Crippen molar-refractivity contribution in [2.24, 2.45) is 5.73 Å². The molecular formula is C68H126N6O14. The molecule has 20 nitrogen and oxygen atoms in total. The van der Waals surface area contributed by atoms with Gasteiger partial charge >= 0.3 is 17.9 Å². The van der Waals surface area contributed by atoms with Gasteiger partial charge in [0.1, 0.15) is 42.9 Å². The lowest BCUT2D eigenvalue weighted by Crippen LogP contribution is -2.60. The minimum Gasteiger partial charge on any atom is -0.480 e. The molecule has 0 bridgehead atoms. The Bertz CT molecular complexity index is 1840. The van der Waals surface area contributed by atoms with E-state index in [0.717, 1.165) is 71.1 Å². The van der Waals surface area contributed by atoms with Crippen molar-refractivity contribution in [2.45, 2.75) is 359 Å². The summed E-state index contributed by atoms with van der Waals surface area (Å²) in [6, 6.07) is -7.87. The zero-order chi connectivity index (χ0) is 65.3. The number of unbranched alkanes of at least 4 members (excludes halogenated alkanes) is 36. The van der Waals surface area contributed by atoms with Crippen molar-refractivity contribution >= 4 is 53.4 Å². The molecule has 0 radical (unpaired) electrons. The van der Waals surface area contributed by atoms with Crippen LogP contribution in [0.25, 0.3) is 0 Å². The van der Waals surface area contributed by atoms with E-state index in [0.29, 0.717) is 19.3 Å². The van der Waals surface area contributed by atoms with Crippen LogP contribution in [0.15, 0.2) is 0 Å². The molecule has 0 aromatic carbocycles. The van der Waals surface area contributed by atoms with E-state index in [4.69, 9.17) is 15.2 Å². The lowest BCUT2D eigenvalue weighted by atomic mass is 10.0. The fourth-order valence-corrected chi connectivity index (χ4v) is 10.6. The molecule has 0 aliphatic heterocycles. The highest BCUT2D eigenvalue weighted by Crippen LogP contribution is 2.18. The summed E-state index contributed by atoms with van der Waals surface area (Å²) in [6.07, 6.45) is 44.2. The second-order valence-electron chi connectivity index (χ2n) is 24.6. The van der Waals surface area contributed by atoms with Crippen LogP contribution in [0.1, 0.15) is 323 Å². The summed E-state index contributed by atoms with van der Waals surface area (Å²) < 4.78 is 11.6. The normalized spacial score (nSPS) is 13.3. The number of hydrogen-bond acceptors (Lipinski definition) is 13. The Balaban J connectivity index is 6.01. The summed E-state index contributed by atoms with van der Waals surface area (Å²) in [5.74, 6) is -7.91. The molecule has 6 amide bonds. The van der Waals surface area contributed by atoms with Gasteiger partial charge in [0, 0.05) is 19.3 Å². The maximum Gasteiger partial charge on any atom is 0.325 e. The number of aliphatic hydroxyl groups is 2. The van der Waals surface area contributed by atoms with Gasteiger partial charge in [-0.15, -0.1) is 0 Å². The monoisotopic (exact) mass is 1250 g/mol. The largest absolute Gasteiger partial charge is 0.480 e. The Morgan fingerprint density at radius 2 is 0.693 bits per heavy atom. The van der Waals surface area contributed by atoms with Gasteiger partial charge in [0.2, 0.25) is 35.4 Å². The van der Waals surface area contributed by atoms with Gasteiger partial charge in [0.25, 0.3) is 0 Å². The topological polar surface area (TPSA) is 319 Å². The first kappa shape index (κ1) is 83.2. The first-order valence-corrected chi connectivity index (χ1v) is 35.1. The second-order valence-corrected chi connectivity index (χ2v) is 24.6. The fourth-order valence-electron chi connectivity index (χ4n) is 10.6. The molecular weight excluding hydrogens is 1120 g/mol. The van der Waals surface area contributed by atoms with Crippen LogP contribution in [0.2, 0.25) is 0 Å². The lowest BCUT2D eigenvalue weighted by Gasteiger charge is -2.25. The highest BCUT2D eigenvalue weighted by Gasteiger charge is 2.33. The number of nitrogens with two attached hydrogens (primary N) is 1. The summed E-state index contributed by atoms with van der Waals surface area (Å²) in [5.41, 5.74) is 5.26. The second kappa shape index (κ2) is 58.5. The van der Waals surface area contributed by atoms with E-state index in [1.807, 2.05) is 0 Å². The SMILES string of the molecule is CCCCCCCCCCCCCCCC(=O)N[C@@H](CCC[C@H](COC(=O)CCCCCCCCCCCCCCC)OC(=O)CCCCCCCCCCCCCCC)C(=O)N[C@@H](CO)C(=O)N[C@@H](CO)C(=O)N[C@@H](CC(N)=O)C(=O)N[C@@H](C)C(=O)O. The molecule has 0 spiro atoms. The summed E-state index contributed by atoms with van der Waals surface area (Å²) in [5, 5.41) is 41.4. The molecule has 6 atom stereocenters. The van der Waals surface area contributed by atoms with Crippen molar-refractivity contribution in [1.82, 2.24) is 26.6 Å². The third kappa shape index (κ3) is 49.0. The number of esters is 2. The van der Waals surface area contributed by atoms with E-state index in [1.54, 1.807) is 0 Å². The Kier molecular flexibility index (Phi) is 55.3. The molecule has 10 N–H and O–H groups in total. The number of amides is 6. The van der Waals surface area contributed by atoms with Crippen molar-refractivity contribution in [3.8, 4) is 0 Å². The third-order valence-corrected chi connectivity index (χ3v) is 16.3. The number of ether oxygens (including phenoxy) is 2. The molecule has 20 heteroatoms. The molecule has 0 aromatic rings. The van der Waals surface area contributed by atoms with E-state index in [1.165, 1.54) is 167 Å². The number of aliphatic hydroxyl groups excluding tert-OH is 2.